The summed E-state index contributed by atoms with van der Waals surface area (Å²) >= 11 is 0. The number of fused-ring (bicyclic) bond motifs is 1. The van der Waals surface area contributed by atoms with Gasteiger partial charge in [-0.25, -0.2) is 5.11 Å². The number of aryl methyl sites for hydroxylation is 1. The van der Waals surface area contributed by atoms with Gasteiger partial charge in [-0.15, -0.1) is 0 Å². The normalized spacial score (nSPS) is 22.9. The molecule has 1 aliphatic carbocycles. The molecule has 0 aromatic heterocycles. The van der Waals surface area contributed by atoms with Crippen molar-refractivity contribution in [2.24, 2.45) is 0 Å². The second-order valence-corrected chi connectivity index (χ2v) is 3.43. The molecule has 1 aromatic rings. The predicted molar refractivity (Wildman–Crippen MR) is 47.4 cm³/mol. The largest absolute Gasteiger partial charge is 0.228 e. The first-order chi connectivity index (χ1) is 5.88. The van der Waals surface area contributed by atoms with Crippen LogP contribution in [0.4, 0.5) is 0 Å². The van der Waals surface area contributed by atoms with Crippen LogP contribution in [0.2, 0.25) is 0 Å². The Bertz CT molecular complexity index is 267. The van der Waals surface area contributed by atoms with Gasteiger partial charge >= 0.3 is 0 Å². The molecule has 0 saturated heterocycles. The zero-order chi connectivity index (χ0) is 8.39. The lowest BCUT2D eigenvalue weighted by atomic mass is 10.0. The minimum Gasteiger partial charge on any atom is -0.228 e. The van der Waals surface area contributed by atoms with Crippen LogP contribution in [0.1, 0.15) is 36.5 Å². The Morgan fingerprint density at radius 1 is 1.17 bits per heavy atom. The van der Waals surface area contributed by atoms with Crippen LogP contribution in [-0.4, -0.2) is 0 Å². The molecule has 63 valence electrons. The van der Waals surface area contributed by atoms with Gasteiger partial charge in [-0.1, -0.05) is 30.7 Å². The van der Waals surface area contributed by atoms with Crippen LogP contribution in [0.15, 0.2) is 24.3 Å². The fraction of sp³-hybridized carbons (Fsp3) is 0.455. The van der Waals surface area contributed by atoms with Crippen molar-refractivity contribution in [2.75, 3.05) is 0 Å². The minimum atomic E-state index is -0.469. The third-order valence-electron chi connectivity index (χ3n) is 2.56. The summed E-state index contributed by atoms with van der Waals surface area (Å²) in [6, 6.07) is 8.07. The van der Waals surface area contributed by atoms with Crippen molar-refractivity contribution in [3.63, 3.8) is 0 Å². The van der Waals surface area contributed by atoms with Gasteiger partial charge in [-0.05, 0) is 30.4 Å². The van der Waals surface area contributed by atoms with Gasteiger partial charge < -0.3 is 0 Å². The van der Waals surface area contributed by atoms with E-state index in [1.54, 1.807) is 0 Å². The predicted octanol–water partition coefficient (Wildman–Crippen LogP) is 2.88. The van der Waals surface area contributed by atoms with Gasteiger partial charge in [-0.2, -0.15) is 0 Å². The average Bonchev–Trinajstić information content (AvgIpc) is 2.29. The zero-order valence-electron chi connectivity index (χ0n) is 7.12. The molecule has 1 atom stereocenters. The van der Waals surface area contributed by atoms with E-state index in [4.69, 9.17) is 0 Å². The molecule has 0 aliphatic heterocycles. The first-order valence-electron chi connectivity index (χ1n) is 4.61. The molecule has 0 spiro atoms. The molecule has 0 heterocycles. The quantitative estimate of drug-likeness (QED) is 0.521. The van der Waals surface area contributed by atoms with Gasteiger partial charge in [-0.3, -0.25) is 0 Å². The van der Waals surface area contributed by atoms with Gasteiger partial charge in [0.2, 0.25) is 0 Å². The number of hydrogen-bond acceptors (Lipinski definition) is 0. The lowest BCUT2D eigenvalue weighted by Gasteiger charge is -2.07. The third-order valence-corrected chi connectivity index (χ3v) is 2.56. The fourth-order valence-electron chi connectivity index (χ4n) is 1.88. The molecule has 1 unspecified atom stereocenters. The van der Waals surface area contributed by atoms with E-state index >= 15 is 0 Å². The molecule has 1 radical (unpaired) electrons. The second-order valence-electron chi connectivity index (χ2n) is 3.43. The van der Waals surface area contributed by atoms with Crippen molar-refractivity contribution in [3.8, 4) is 0 Å². The van der Waals surface area contributed by atoms with Gasteiger partial charge in [0, 0.05) is 0 Å². The highest BCUT2D eigenvalue weighted by atomic mass is 16.3. The van der Waals surface area contributed by atoms with Crippen molar-refractivity contribution in [1.29, 1.82) is 0 Å². The highest BCUT2D eigenvalue weighted by Crippen LogP contribution is 2.28. The Morgan fingerprint density at radius 2 is 2.00 bits per heavy atom. The molecule has 12 heavy (non-hydrogen) atoms. The maximum absolute atomic E-state index is 11.6. The first kappa shape index (κ1) is 7.81. The van der Waals surface area contributed by atoms with E-state index in [9.17, 15) is 5.11 Å². The Hall–Kier alpha value is -0.820. The summed E-state index contributed by atoms with van der Waals surface area (Å²) < 4.78 is 0. The summed E-state index contributed by atoms with van der Waals surface area (Å²) in [6.45, 7) is 0. The highest BCUT2D eigenvalue weighted by molar-refractivity contribution is 5.29. The summed E-state index contributed by atoms with van der Waals surface area (Å²) in [7, 11) is 0. The molecule has 1 aliphatic rings. The van der Waals surface area contributed by atoms with Crippen molar-refractivity contribution in [3.05, 3.63) is 35.4 Å². The van der Waals surface area contributed by atoms with Crippen molar-refractivity contribution in [1.82, 2.24) is 0 Å². The average molecular weight is 161 g/mol. The molecule has 0 saturated carbocycles. The maximum atomic E-state index is 11.6. The van der Waals surface area contributed by atoms with E-state index in [1.165, 1.54) is 12.0 Å². The van der Waals surface area contributed by atoms with Crippen molar-refractivity contribution < 1.29 is 5.11 Å². The van der Waals surface area contributed by atoms with Gasteiger partial charge in [0.15, 0.2) is 0 Å². The second kappa shape index (κ2) is 3.28. The SMILES string of the molecule is [O]C1CCCCc2ccccc21. The van der Waals surface area contributed by atoms with E-state index in [-0.39, 0.29) is 0 Å². The van der Waals surface area contributed by atoms with Gasteiger partial charge in [0.05, 0.1) is 0 Å². The Kier molecular flexibility index (Phi) is 2.13. The molecule has 0 N–H and O–H groups in total. The zero-order valence-corrected chi connectivity index (χ0v) is 7.12. The molecule has 0 amide bonds. The molecule has 1 heteroatoms. The number of hydrogen-bond donors (Lipinski definition) is 0. The number of benzene rings is 1. The Morgan fingerprint density at radius 3 is 2.92 bits per heavy atom. The van der Waals surface area contributed by atoms with Crippen LogP contribution in [-0.2, 0) is 11.5 Å². The monoisotopic (exact) mass is 161 g/mol. The molecular weight excluding hydrogens is 148 g/mol. The van der Waals surface area contributed by atoms with Crippen molar-refractivity contribution >= 4 is 0 Å². The van der Waals surface area contributed by atoms with Crippen LogP contribution in [0.3, 0.4) is 0 Å². The minimum absolute atomic E-state index is 0.469. The maximum Gasteiger partial charge on any atom is 0.118 e. The van der Waals surface area contributed by atoms with Crippen LogP contribution < -0.4 is 0 Å². The van der Waals surface area contributed by atoms with Crippen LogP contribution >= 0.6 is 0 Å². The summed E-state index contributed by atoms with van der Waals surface area (Å²) in [6.07, 6.45) is 3.70. The van der Waals surface area contributed by atoms with E-state index in [1.807, 2.05) is 18.2 Å². The number of rotatable bonds is 0. The molecule has 0 fully saturated rings. The van der Waals surface area contributed by atoms with Crippen LogP contribution in [0.25, 0.3) is 0 Å². The lowest BCUT2D eigenvalue weighted by Crippen LogP contribution is -1.95. The molecule has 1 aromatic carbocycles. The van der Waals surface area contributed by atoms with Crippen LogP contribution in [0, 0.1) is 0 Å². The van der Waals surface area contributed by atoms with E-state index < -0.39 is 6.10 Å². The molecule has 1 nitrogen and oxygen atoms in total. The summed E-state index contributed by atoms with van der Waals surface area (Å²) in [5.41, 5.74) is 2.31. The summed E-state index contributed by atoms with van der Waals surface area (Å²) in [5, 5.41) is 11.6. The molecule has 0 bridgehead atoms. The molecular formula is C11H13O. The lowest BCUT2D eigenvalue weighted by molar-refractivity contribution is 0.0807. The summed E-state index contributed by atoms with van der Waals surface area (Å²) in [4.78, 5) is 0. The third kappa shape index (κ3) is 1.37. The fourth-order valence-corrected chi connectivity index (χ4v) is 1.88. The van der Waals surface area contributed by atoms with Gasteiger partial charge in [0.1, 0.15) is 6.10 Å². The summed E-state index contributed by atoms with van der Waals surface area (Å²) in [5.74, 6) is 0. The Labute approximate surface area is 73.0 Å². The topological polar surface area (TPSA) is 19.9 Å². The Balaban J connectivity index is 2.39. The van der Waals surface area contributed by atoms with Crippen molar-refractivity contribution in [2.45, 2.75) is 31.8 Å². The van der Waals surface area contributed by atoms with E-state index in [0.717, 1.165) is 24.8 Å². The van der Waals surface area contributed by atoms with E-state index in [0.29, 0.717) is 0 Å². The smallest absolute Gasteiger partial charge is 0.118 e. The van der Waals surface area contributed by atoms with Gasteiger partial charge in [0.25, 0.3) is 0 Å². The first-order valence-corrected chi connectivity index (χ1v) is 4.61. The standard InChI is InChI=1S/C11H13O/c12-11-8-4-2-6-9-5-1-3-7-10(9)11/h1,3,5,7,11H,2,4,6,8H2. The van der Waals surface area contributed by atoms with Crippen LogP contribution in [0.5, 0.6) is 0 Å². The van der Waals surface area contributed by atoms with E-state index in [2.05, 4.69) is 6.07 Å². The highest BCUT2D eigenvalue weighted by Gasteiger charge is 2.16. The molecule has 2 rings (SSSR count).